The van der Waals surface area contributed by atoms with Crippen LogP contribution in [0.2, 0.25) is 0 Å². The highest BCUT2D eigenvalue weighted by Crippen LogP contribution is 2.28. The number of nitrogens with one attached hydrogen (secondary N) is 2. The van der Waals surface area contributed by atoms with E-state index in [1.165, 1.54) is 12.1 Å². The highest BCUT2D eigenvalue weighted by Gasteiger charge is 2.27. The van der Waals surface area contributed by atoms with E-state index in [1.54, 1.807) is 17.1 Å². The fourth-order valence-corrected chi connectivity index (χ4v) is 3.19. The number of urea groups is 1. The number of hydrazine groups is 1. The molecule has 0 radical (unpaired) electrons. The first-order valence-corrected chi connectivity index (χ1v) is 8.81. The van der Waals surface area contributed by atoms with Gasteiger partial charge in [0.25, 0.3) is 10.0 Å². The lowest BCUT2D eigenvalue weighted by Gasteiger charge is -2.36. The molecule has 22 heavy (non-hydrogen) atoms. The van der Waals surface area contributed by atoms with E-state index >= 15 is 0 Å². The number of hydrogen-bond acceptors (Lipinski definition) is 4. The molecule has 0 bridgehead atoms. The van der Waals surface area contributed by atoms with Gasteiger partial charge in [-0.05, 0) is 37.3 Å². The molecular weight excluding hydrogens is 302 g/mol. The zero-order valence-corrected chi connectivity index (χ0v) is 14.0. The first-order valence-electron chi connectivity index (χ1n) is 7.33. The number of nitrogens with zero attached hydrogens (tertiary/aromatic N) is 1. The summed E-state index contributed by atoms with van der Waals surface area (Å²) in [5.74, 6) is 0. The Morgan fingerprint density at radius 1 is 1.14 bits per heavy atom. The molecule has 0 unspecified atom stereocenters. The molecule has 1 saturated heterocycles. The van der Waals surface area contributed by atoms with Gasteiger partial charge in [0.1, 0.15) is 0 Å². The van der Waals surface area contributed by atoms with Crippen LogP contribution in [0.3, 0.4) is 0 Å². The predicted octanol–water partition coefficient (Wildman–Crippen LogP) is 2.02. The summed E-state index contributed by atoms with van der Waals surface area (Å²) >= 11 is 0. The van der Waals surface area contributed by atoms with Gasteiger partial charge in [0.2, 0.25) is 0 Å². The van der Waals surface area contributed by atoms with Gasteiger partial charge in [-0.3, -0.25) is 5.43 Å². The van der Waals surface area contributed by atoms with Gasteiger partial charge < -0.3 is 0 Å². The summed E-state index contributed by atoms with van der Waals surface area (Å²) in [5, 5.41) is 1.76. The van der Waals surface area contributed by atoms with Gasteiger partial charge in [0.15, 0.2) is 0 Å². The molecule has 1 aliphatic rings. The summed E-state index contributed by atoms with van der Waals surface area (Å²) in [6, 6.07) is 5.63. The van der Waals surface area contributed by atoms with Crippen molar-refractivity contribution in [2.24, 2.45) is 5.41 Å². The van der Waals surface area contributed by atoms with E-state index in [2.05, 4.69) is 19.3 Å². The number of aryl methyl sites for hydroxylation is 1. The van der Waals surface area contributed by atoms with E-state index in [0.29, 0.717) is 13.1 Å². The summed E-state index contributed by atoms with van der Waals surface area (Å²) in [7, 11) is -3.84. The van der Waals surface area contributed by atoms with E-state index in [1.807, 2.05) is 11.6 Å². The molecule has 1 heterocycles. The third-order valence-electron chi connectivity index (χ3n) is 3.94. The largest absolute Gasteiger partial charge is 0.343 e. The van der Waals surface area contributed by atoms with E-state index in [-0.39, 0.29) is 10.3 Å². The second-order valence-corrected chi connectivity index (χ2v) is 8.19. The van der Waals surface area contributed by atoms with Crippen LogP contribution in [0.25, 0.3) is 0 Å². The Kier molecular flexibility index (Phi) is 4.77. The van der Waals surface area contributed by atoms with Crippen molar-refractivity contribution in [1.29, 1.82) is 0 Å². The van der Waals surface area contributed by atoms with Crippen LogP contribution in [0.15, 0.2) is 29.2 Å². The molecule has 7 heteroatoms. The van der Waals surface area contributed by atoms with E-state index in [0.717, 1.165) is 18.4 Å². The number of hydrogen-bond donors (Lipinski definition) is 2. The fraction of sp³-hybridized carbons (Fsp3) is 0.533. The lowest BCUT2D eigenvalue weighted by atomic mass is 9.83. The average Bonchev–Trinajstić information content (AvgIpc) is 2.41. The zero-order chi connectivity index (χ0) is 16.4. The number of rotatable bonds is 3. The molecule has 0 spiro atoms. The molecular formula is C15H23N3O3S. The van der Waals surface area contributed by atoms with Crippen LogP contribution in [0.4, 0.5) is 4.79 Å². The van der Waals surface area contributed by atoms with Crippen molar-refractivity contribution < 1.29 is 13.2 Å². The third-order valence-corrected chi connectivity index (χ3v) is 5.28. The molecule has 122 valence electrons. The van der Waals surface area contributed by atoms with Crippen LogP contribution in [0.1, 0.15) is 32.3 Å². The standard InChI is InChI=1S/C15H23N3O3S/c1-12-4-6-13(7-5-12)22(20,21)17-14(19)16-18-10-8-15(2,3)9-11-18/h4-7H,8-11H2,1-3H3,(H2,16,17,19). The summed E-state index contributed by atoms with van der Waals surface area (Å²) < 4.78 is 26.3. The SMILES string of the molecule is Cc1ccc(S(=O)(=O)NC(=O)NN2CCC(C)(C)CC2)cc1. The molecule has 1 aliphatic heterocycles. The van der Waals surface area contributed by atoms with Crippen LogP contribution >= 0.6 is 0 Å². The Balaban J connectivity index is 1.93. The zero-order valence-electron chi connectivity index (χ0n) is 13.2. The first-order chi connectivity index (χ1) is 10.2. The minimum atomic E-state index is -3.84. The molecule has 1 aromatic rings. The topological polar surface area (TPSA) is 78.5 Å². The van der Waals surface area contributed by atoms with Crippen molar-refractivity contribution in [2.75, 3.05) is 13.1 Å². The number of carbonyl (C=O) groups excluding carboxylic acids is 1. The summed E-state index contributed by atoms with van der Waals surface area (Å²) in [4.78, 5) is 12.0. The minimum absolute atomic E-state index is 0.0769. The number of carbonyl (C=O) groups is 1. The van der Waals surface area contributed by atoms with Gasteiger partial charge >= 0.3 is 6.03 Å². The minimum Gasteiger partial charge on any atom is -0.270 e. The Hall–Kier alpha value is -1.60. The number of benzene rings is 1. The third kappa shape index (κ3) is 4.45. The fourth-order valence-electron chi connectivity index (χ4n) is 2.29. The van der Waals surface area contributed by atoms with Gasteiger partial charge in [0, 0.05) is 13.1 Å². The van der Waals surface area contributed by atoms with E-state index in [9.17, 15) is 13.2 Å². The first kappa shape index (κ1) is 16.8. The van der Waals surface area contributed by atoms with Crippen molar-refractivity contribution >= 4 is 16.1 Å². The second-order valence-electron chi connectivity index (χ2n) is 6.51. The van der Waals surface area contributed by atoms with Crippen molar-refractivity contribution in [1.82, 2.24) is 15.2 Å². The van der Waals surface area contributed by atoms with Crippen LogP contribution in [-0.4, -0.2) is 32.5 Å². The molecule has 0 saturated carbocycles. The predicted molar refractivity (Wildman–Crippen MR) is 84.6 cm³/mol. The average molecular weight is 325 g/mol. The lowest BCUT2D eigenvalue weighted by Crippen LogP contribution is -2.52. The Bertz CT molecular complexity index is 629. The summed E-state index contributed by atoms with van der Waals surface area (Å²) in [6.07, 6.45) is 1.91. The maximum atomic E-state index is 12.1. The lowest BCUT2D eigenvalue weighted by molar-refractivity contribution is 0.0971. The summed E-state index contributed by atoms with van der Waals surface area (Å²) in [5.41, 5.74) is 3.82. The van der Waals surface area contributed by atoms with Crippen LogP contribution in [-0.2, 0) is 10.0 Å². The van der Waals surface area contributed by atoms with Crippen LogP contribution in [0, 0.1) is 12.3 Å². The molecule has 2 rings (SSSR count). The van der Waals surface area contributed by atoms with E-state index < -0.39 is 16.1 Å². The second kappa shape index (κ2) is 6.26. The highest BCUT2D eigenvalue weighted by atomic mass is 32.2. The van der Waals surface area contributed by atoms with Gasteiger partial charge in [-0.25, -0.2) is 22.9 Å². The van der Waals surface area contributed by atoms with Crippen molar-refractivity contribution in [3.05, 3.63) is 29.8 Å². The van der Waals surface area contributed by atoms with E-state index in [4.69, 9.17) is 0 Å². The van der Waals surface area contributed by atoms with Gasteiger partial charge in [-0.1, -0.05) is 31.5 Å². The molecule has 0 atom stereocenters. The molecule has 1 fully saturated rings. The van der Waals surface area contributed by atoms with Gasteiger partial charge in [-0.2, -0.15) is 0 Å². The Morgan fingerprint density at radius 2 is 1.68 bits per heavy atom. The number of sulfonamides is 1. The maximum absolute atomic E-state index is 12.1. The van der Waals surface area contributed by atoms with Crippen LogP contribution in [0.5, 0.6) is 0 Å². The molecule has 2 amide bonds. The quantitative estimate of drug-likeness (QED) is 0.891. The van der Waals surface area contributed by atoms with Crippen molar-refractivity contribution in [3.63, 3.8) is 0 Å². The van der Waals surface area contributed by atoms with Gasteiger partial charge in [0.05, 0.1) is 4.90 Å². The molecule has 2 N–H and O–H groups in total. The number of piperidine rings is 1. The molecule has 0 aromatic heterocycles. The Morgan fingerprint density at radius 3 is 2.23 bits per heavy atom. The van der Waals surface area contributed by atoms with Crippen molar-refractivity contribution in [3.8, 4) is 0 Å². The Labute approximate surface area is 131 Å². The molecule has 0 aliphatic carbocycles. The smallest absolute Gasteiger partial charge is 0.270 e. The summed E-state index contributed by atoms with van der Waals surface area (Å²) in [6.45, 7) is 7.67. The highest BCUT2D eigenvalue weighted by molar-refractivity contribution is 7.90. The van der Waals surface area contributed by atoms with Gasteiger partial charge in [-0.15, -0.1) is 0 Å². The maximum Gasteiger partial charge on any atom is 0.343 e. The van der Waals surface area contributed by atoms with Crippen LogP contribution < -0.4 is 10.1 Å². The number of amides is 2. The normalized spacial score (nSPS) is 18.7. The monoisotopic (exact) mass is 325 g/mol. The molecule has 1 aromatic carbocycles. The molecule has 6 nitrogen and oxygen atoms in total. The van der Waals surface area contributed by atoms with Crippen molar-refractivity contribution in [2.45, 2.75) is 38.5 Å².